The number of nitrogens with one attached hydrogen (secondary N) is 5. The predicted octanol–water partition coefficient (Wildman–Crippen LogP) is 4.40. The van der Waals surface area contributed by atoms with Crippen molar-refractivity contribution in [3.63, 3.8) is 0 Å². The van der Waals surface area contributed by atoms with Gasteiger partial charge in [-0.1, -0.05) is 16.9 Å². The van der Waals surface area contributed by atoms with Gasteiger partial charge in [-0.05, 0) is 84.0 Å². The van der Waals surface area contributed by atoms with Crippen molar-refractivity contribution in [2.75, 3.05) is 53.5 Å². The summed E-state index contributed by atoms with van der Waals surface area (Å²) >= 11 is 7.23. The maximum absolute atomic E-state index is 12.8. The molecule has 18 nitrogen and oxygen atoms in total. The van der Waals surface area contributed by atoms with Crippen LogP contribution in [0.5, 0.6) is 0 Å². The molecule has 0 aliphatic carbocycles. The van der Waals surface area contributed by atoms with E-state index in [1.807, 2.05) is 34.0 Å². The maximum atomic E-state index is 12.8. The summed E-state index contributed by atoms with van der Waals surface area (Å²) in [6.07, 6.45) is 4.84. The third-order valence-electron chi connectivity index (χ3n) is 7.06. The second-order valence-corrected chi connectivity index (χ2v) is 15.4. The fourth-order valence-corrected chi connectivity index (χ4v) is 6.24. The van der Waals surface area contributed by atoms with Crippen LogP contribution < -0.4 is 26.8 Å². The number of halogens is 1. The first-order chi connectivity index (χ1) is 25.5. The number of sulfone groups is 1. The van der Waals surface area contributed by atoms with E-state index in [4.69, 9.17) is 16.4 Å². The predicted molar refractivity (Wildman–Crippen MR) is 213 cm³/mol. The lowest BCUT2D eigenvalue weighted by atomic mass is 9.93. The summed E-state index contributed by atoms with van der Waals surface area (Å²) in [7, 11) is -2.02. The van der Waals surface area contributed by atoms with Crippen LogP contribution >= 0.6 is 23.4 Å². The van der Waals surface area contributed by atoms with Gasteiger partial charge in [0.15, 0.2) is 20.8 Å². The zero-order valence-electron chi connectivity index (χ0n) is 32.0. The molecule has 0 fully saturated rings. The van der Waals surface area contributed by atoms with Gasteiger partial charge in [-0.3, -0.25) is 14.3 Å². The Labute approximate surface area is 324 Å². The van der Waals surface area contributed by atoms with Crippen LogP contribution in [0, 0.1) is 6.92 Å². The van der Waals surface area contributed by atoms with Gasteiger partial charge in [0, 0.05) is 62.2 Å². The largest absolute Gasteiger partial charge is 0.395 e. The second-order valence-electron chi connectivity index (χ2n) is 12.3. The van der Waals surface area contributed by atoms with Crippen LogP contribution in [0.4, 0.5) is 23.8 Å². The standard InChI is InChI=1S/C16H17N3O5S.C9H17N5S.C8H14ClN5/c1-9-10(15(20)11-8-17-19(2)16(11)21)4-5-13(25(3,22)23)14(9)12-6-7-24-18-12;1-5-10-7-12-8(11-6(2)3)14-9(13-7)15-4;1-4-10-7-12-6(9)13-8(14-7)11-5(2)3/h4-5,8,17H,6-7H2,1-3H3;6H,5H2,1-4H3,(H2,10,11,12,13,14);5H,4H2,1-3H3,(H2,10,11,12,13,14). The Bertz CT molecular complexity index is 2100. The van der Waals surface area contributed by atoms with Crippen molar-refractivity contribution in [1.29, 1.82) is 0 Å². The monoisotopic (exact) mass is 805 g/mol. The van der Waals surface area contributed by atoms with Gasteiger partial charge in [0.2, 0.25) is 29.1 Å². The number of nitrogens with zero attached hydrogens (tertiary/aromatic N) is 8. The highest BCUT2D eigenvalue weighted by Crippen LogP contribution is 2.27. The van der Waals surface area contributed by atoms with Crippen molar-refractivity contribution in [2.24, 2.45) is 12.2 Å². The number of H-pyrrole nitrogens is 1. The van der Waals surface area contributed by atoms with Crippen LogP contribution in [0.1, 0.15) is 75.0 Å². The van der Waals surface area contributed by atoms with Crippen molar-refractivity contribution >= 4 is 68.5 Å². The Kier molecular flexibility index (Phi) is 16.2. The summed E-state index contributed by atoms with van der Waals surface area (Å²) in [5.41, 5.74) is 1.12. The van der Waals surface area contributed by atoms with Crippen LogP contribution in [0.2, 0.25) is 5.28 Å². The molecule has 1 aliphatic heterocycles. The van der Waals surface area contributed by atoms with Gasteiger partial charge in [-0.15, -0.1) is 0 Å². The van der Waals surface area contributed by atoms with Crippen molar-refractivity contribution in [1.82, 2.24) is 39.7 Å². The summed E-state index contributed by atoms with van der Waals surface area (Å²) in [6.45, 7) is 15.6. The van der Waals surface area contributed by atoms with E-state index in [0.717, 1.165) is 24.5 Å². The van der Waals surface area contributed by atoms with Gasteiger partial charge in [-0.2, -0.15) is 29.9 Å². The average Bonchev–Trinajstić information content (AvgIpc) is 3.73. The van der Waals surface area contributed by atoms with Gasteiger partial charge >= 0.3 is 0 Å². The van der Waals surface area contributed by atoms with E-state index in [0.29, 0.717) is 59.7 Å². The maximum Gasteiger partial charge on any atom is 0.277 e. The van der Waals surface area contributed by atoms with Gasteiger partial charge in [0.1, 0.15) is 12.2 Å². The summed E-state index contributed by atoms with van der Waals surface area (Å²) < 4.78 is 25.5. The summed E-state index contributed by atoms with van der Waals surface area (Å²) in [6, 6.07) is 3.39. The highest BCUT2D eigenvalue weighted by Gasteiger charge is 2.27. The minimum absolute atomic E-state index is 0.00623. The molecule has 0 unspecified atom stereocenters. The smallest absolute Gasteiger partial charge is 0.277 e. The minimum atomic E-state index is -3.52. The molecule has 0 bridgehead atoms. The van der Waals surface area contributed by atoms with Crippen LogP contribution in [0.25, 0.3) is 0 Å². The molecule has 4 heterocycles. The first kappa shape index (κ1) is 43.6. The lowest BCUT2D eigenvalue weighted by Crippen LogP contribution is -2.21. The molecule has 0 radical (unpaired) electrons. The number of ketones is 1. The number of benzene rings is 1. The van der Waals surface area contributed by atoms with Gasteiger partial charge in [0.25, 0.3) is 5.56 Å². The Hall–Kier alpha value is -4.82. The molecular weight excluding hydrogens is 758 g/mol. The Morgan fingerprint density at radius 2 is 1.50 bits per heavy atom. The summed E-state index contributed by atoms with van der Waals surface area (Å²) in [4.78, 5) is 54.7. The molecule has 1 aliphatic rings. The number of anilines is 4. The molecule has 0 saturated carbocycles. The quantitative estimate of drug-likeness (QED) is 0.0930. The number of aromatic amines is 1. The zero-order chi connectivity index (χ0) is 40.2. The molecule has 0 atom stereocenters. The number of hydrogen-bond donors (Lipinski definition) is 5. The van der Waals surface area contributed by atoms with E-state index >= 15 is 0 Å². The number of carbonyl (C=O) groups is 1. The van der Waals surface area contributed by atoms with E-state index < -0.39 is 21.2 Å². The minimum Gasteiger partial charge on any atom is -0.395 e. The second kappa shape index (κ2) is 20.0. The normalized spacial score (nSPS) is 12.2. The third-order valence-corrected chi connectivity index (χ3v) is 8.91. The summed E-state index contributed by atoms with van der Waals surface area (Å²) in [5.74, 6) is 1.77. The molecule has 4 aromatic rings. The van der Waals surface area contributed by atoms with E-state index in [2.05, 4.69) is 75.3 Å². The SMILES string of the molecule is CCNc1nc(Cl)nc(NC(C)C)n1.CCNc1nc(NC(C)C)nc(SC)n1.Cc1c(C(=O)c2c[nH]n(C)c2=O)ccc(S(C)(=O)=O)c1C1=NOCC1. The van der Waals surface area contributed by atoms with Crippen LogP contribution in [-0.2, 0) is 21.7 Å². The van der Waals surface area contributed by atoms with Crippen molar-refractivity contribution < 1.29 is 18.0 Å². The molecular formula is C33H48ClN13O5S2. The van der Waals surface area contributed by atoms with E-state index in [1.54, 1.807) is 6.92 Å². The highest BCUT2D eigenvalue weighted by molar-refractivity contribution is 7.98. The van der Waals surface area contributed by atoms with Crippen LogP contribution in [-0.4, -0.2) is 104 Å². The number of carbonyl (C=O) groups excluding carboxylic acids is 1. The zero-order valence-corrected chi connectivity index (χ0v) is 34.4. The third kappa shape index (κ3) is 12.4. The van der Waals surface area contributed by atoms with Gasteiger partial charge in [-0.25, -0.2) is 8.42 Å². The molecule has 5 rings (SSSR count). The molecule has 3 aromatic heterocycles. The number of rotatable bonds is 13. The molecule has 0 spiro atoms. The average molecular weight is 806 g/mol. The molecule has 54 heavy (non-hydrogen) atoms. The lowest BCUT2D eigenvalue weighted by Gasteiger charge is -2.13. The number of oxime groups is 1. The van der Waals surface area contributed by atoms with Crippen molar-refractivity contribution in [2.45, 2.75) is 77.0 Å². The topological polar surface area (TPSA) is 236 Å². The number of thioether (sulfide) groups is 1. The number of aryl methyl sites for hydroxylation is 1. The van der Waals surface area contributed by atoms with E-state index in [-0.39, 0.29) is 27.3 Å². The van der Waals surface area contributed by atoms with Gasteiger partial charge < -0.3 is 31.2 Å². The fraction of sp³-hybridized carbons (Fsp3) is 0.485. The van der Waals surface area contributed by atoms with E-state index in [9.17, 15) is 18.0 Å². The Balaban J connectivity index is 0.000000233. The first-order valence-corrected chi connectivity index (χ1v) is 20.5. The highest BCUT2D eigenvalue weighted by atomic mass is 35.5. The number of hydrogen-bond acceptors (Lipinski definition) is 17. The molecule has 1 aromatic carbocycles. The summed E-state index contributed by atoms with van der Waals surface area (Å²) in [5, 5.41) is 19.8. The Morgan fingerprint density at radius 1 is 0.944 bits per heavy atom. The van der Waals surface area contributed by atoms with Crippen LogP contribution in [0.3, 0.4) is 0 Å². The Morgan fingerprint density at radius 3 is 1.98 bits per heavy atom. The molecule has 0 amide bonds. The van der Waals surface area contributed by atoms with Crippen LogP contribution in [0.15, 0.2) is 38.3 Å². The number of aromatic nitrogens is 8. The van der Waals surface area contributed by atoms with Crippen molar-refractivity contribution in [3.05, 3.63) is 56.2 Å². The van der Waals surface area contributed by atoms with Crippen molar-refractivity contribution in [3.8, 4) is 0 Å². The molecule has 5 N–H and O–H groups in total. The first-order valence-electron chi connectivity index (χ1n) is 17.0. The molecule has 21 heteroatoms. The lowest BCUT2D eigenvalue weighted by molar-refractivity contribution is 0.103. The molecule has 294 valence electrons. The fourth-order valence-electron chi connectivity index (χ4n) is 4.77. The van der Waals surface area contributed by atoms with Gasteiger partial charge in [0.05, 0.1) is 10.6 Å². The molecule has 0 saturated heterocycles. The van der Waals surface area contributed by atoms with E-state index in [1.165, 1.54) is 41.8 Å².